The van der Waals surface area contributed by atoms with Crippen LogP contribution in [-0.2, 0) is 5.41 Å². The molecule has 4 nitrogen and oxygen atoms in total. The molecule has 0 atom stereocenters. The molecule has 0 saturated heterocycles. The Hall–Kier alpha value is -5.74. The summed E-state index contributed by atoms with van der Waals surface area (Å²) in [6.07, 6.45) is 0. The lowest BCUT2D eigenvalue weighted by Gasteiger charge is -2.21. The number of fused-ring (bicyclic) bond motifs is 10. The van der Waals surface area contributed by atoms with Crippen LogP contribution in [0.2, 0.25) is 0 Å². The maximum Gasteiger partial charge on any atom is 0.162 e. The van der Waals surface area contributed by atoms with Gasteiger partial charge < -0.3 is 4.42 Å². The van der Waals surface area contributed by atoms with Crippen molar-refractivity contribution in [3.63, 3.8) is 0 Å². The Labute approximate surface area is 259 Å². The van der Waals surface area contributed by atoms with E-state index in [1.165, 1.54) is 33.0 Å². The summed E-state index contributed by atoms with van der Waals surface area (Å²) in [7, 11) is 0. The third-order valence-electron chi connectivity index (χ3n) is 9.81. The molecule has 0 spiro atoms. The molecule has 0 radical (unpaired) electrons. The summed E-state index contributed by atoms with van der Waals surface area (Å²) < 4.78 is 8.68. The maximum atomic E-state index is 6.39. The standard InChI is InChI=1S/C41H27N3O/c1-41(2)31-17-7-3-14-26(31)38-28(16-11-18-32(38)41)39-42-33-19-8-4-15-27(33)40(43-39)44-34-20-9-5-12-24(34)29-22-30-25-13-6-10-21-36(25)45-37(30)23-35(29)44/h3-23H,1-2H3. The van der Waals surface area contributed by atoms with Gasteiger partial charge in [0.1, 0.15) is 17.0 Å². The van der Waals surface area contributed by atoms with E-state index in [2.05, 4.69) is 134 Å². The molecule has 0 aliphatic heterocycles. The highest BCUT2D eigenvalue weighted by Crippen LogP contribution is 2.51. The molecule has 0 N–H and O–H groups in total. The maximum absolute atomic E-state index is 6.39. The Bertz CT molecular complexity index is 2690. The zero-order chi connectivity index (χ0) is 29.9. The van der Waals surface area contributed by atoms with E-state index in [-0.39, 0.29) is 5.41 Å². The molecule has 0 saturated carbocycles. The number of hydrogen-bond donors (Lipinski definition) is 0. The molecule has 212 valence electrons. The fourth-order valence-corrected chi connectivity index (χ4v) is 7.71. The summed E-state index contributed by atoms with van der Waals surface area (Å²) >= 11 is 0. The zero-order valence-corrected chi connectivity index (χ0v) is 24.9. The van der Waals surface area contributed by atoms with Gasteiger partial charge in [-0.15, -0.1) is 0 Å². The Morgan fingerprint density at radius 1 is 0.533 bits per heavy atom. The molecular weight excluding hydrogens is 550 g/mol. The van der Waals surface area contributed by atoms with E-state index in [0.717, 1.165) is 61.1 Å². The van der Waals surface area contributed by atoms with Crippen LogP contribution >= 0.6 is 0 Å². The zero-order valence-electron chi connectivity index (χ0n) is 24.9. The first-order valence-corrected chi connectivity index (χ1v) is 15.4. The van der Waals surface area contributed by atoms with Crippen LogP contribution in [0.15, 0.2) is 132 Å². The van der Waals surface area contributed by atoms with Crippen molar-refractivity contribution in [2.24, 2.45) is 0 Å². The van der Waals surface area contributed by atoms with Crippen molar-refractivity contribution in [1.82, 2.24) is 14.5 Å². The van der Waals surface area contributed by atoms with E-state index in [9.17, 15) is 0 Å². The number of furan rings is 1. The highest BCUT2D eigenvalue weighted by molar-refractivity contribution is 6.17. The van der Waals surface area contributed by atoms with Crippen molar-refractivity contribution in [1.29, 1.82) is 0 Å². The third kappa shape index (κ3) is 3.26. The monoisotopic (exact) mass is 577 g/mol. The molecule has 1 aliphatic rings. The first kappa shape index (κ1) is 24.7. The second-order valence-corrected chi connectivity index (χ2v) is 12.6. The lowest BCUT2D eigenvalue weighted by molar-refractivity contribution is 0.660. The highest BCUT2D eigenvalue weighted by atomic mass is 16.3. The van der Waals surface area contributed by atoms with Crippen LogP contribution in [0.5, 0.6) is 0 Å². The van der Waals surface area contributed by atoms with Gasteiger partial charge in [-0.1, -0.05) is 105 Å². The van der Waals surface area contributed by atoms with Crippen molar-refractivity contribution < 1.29 is 4.42 Å². The summed E-state index contributed by atoms with van der Waals surface area (Å²) in [6, 6.07) is 45.0. The van der Waals surface area contributed by atoms with Gasteiger partial charge >= 0.3 is 0 Å². The fourth-order valence-electron chi connectivity index (χ4n) is 7.71. The topological polar surface area (TPSA) is 43.9 Å². The number of rotatable bonds is 2. The van der Waals surface area contributed by atoms with Crippen molar-refractivity contribution in [2.45, 2.75) is 19.3 Å². The minimum absolute atomic E-state index is 0.105. The van der Waals surface area contributed by atoms with Crippen molar-refractivity contribution in [3.8, 4) is 28.3 Å². The molecule has 3 aromatic heterocycles. The first-order chi connectivity index (χ1) is 22.1. The van der Waals surface area contributed by atoms with Crippen LogP contribution < -0.4 is 0 Å². The van der Waals surface area contributed by atoms with Crippen LogP contribution in [-0.4, -0.2) is 14.5 Å². The molecule has 4 heteroatoms. The molecule has 9 aromatic rings. The van der Waals surface area contributed by atoms with Crippen molar-refractivity contribution in [2.75, 3.05) is 0 Å². The molecule has 1 aliphatic carbocycles. The number of nitrogens with zero attached hydrogens (tertiary/aromatic N) is 3. The lowest BCUT2D eigenvalue weighted by Crippen LogP contribution is -2.14. The molecule has 45 heavy (non-hydrogen) atoms. The Morgan fingerprint density at radius 2 is 1.24 bits per heavy atom. The quantitative estimate of drug-likeness (QED) is 0.205. The van der Waals surface area contributed by atoms with Gasteiger partial charge in [0.2, 0.25) is 0 Å². The summed E-state index contributed by atoms with van der Waals surface area (Å²) in [6.45, 7) is 4.62. The van der Waals surface area contributed by atoms with Crippen LogP contribution in [0, 0.1) is 0 Å². The van der Waals surface area contributed by atoms with E-state index in [1.54, 1.807) is 0 Å². The molecule has 6 aromatic carbocycles. The second-order valence-electron chi connectivity index (χ2n) is 12.6. The molecule has 0 amide bonds. The van der Waals surface area contributed by atoms with Crippen LogP contribution in [0.4, 0.5) is 0 Å². The molecule has 0 bridgehead atoms. The Balaban J connectivity index is 1.32. The first-order valence-electron chi connectivity index (χ1n) is 15.4. The van der Waals surface area contributed by atoms with Crippen LogP contribution in [0.3, 0.4) is 0 Å². The smallest absolute Gasteiger partial charge is 0.162 e. The highest BCUT2D eigenvalue weighted by Gasteiger charge is 2.37. The molecular formula is C41H27N3O. The summed E-state index contributed by atoms with van der Waals surface area (Å²) in [5.41, 5.74) is 10.9. The number of benzene rings is 6. The van der Waals surface area contributed by atoms with Gasteiger partial charge in [-0.2, -0.15) is 0 Å². The predicted octanol–water partition coefficient (Wildman–Crippen LogP) is 10.6. The number of hydrogen-bond acceptors (Lipinski definition) is 3. The summed E-state index contributed by atoms with van der Waals surface area (Å²) in [5, 5.41) is 5.60. The van der Waals surface area contributed by atoms with E-state index in [4.69, 9.17) is 14.4 Å². The molecule has 0 unspecified atom stereocenters. The van der Waals surface area contributed by atoms with Crippen LogP contribution in [0.25, 0.3) is 83.0 Å². The van der Waals surface area contributed by atoms with E-state index >= 15 is 0 Å². The van der Waals surface area contributed by atoms with Crippen molar-refractivity contribution in [3.05, 3.63) is 139 Å². The SMILES string of the molecule is CC1(C)c2ccccc2-c2c(-c3nc(-n4c5ccccc5c5cc6c(cc54)oc4ccccc46)c4ccccc4n3)cccc21. The van der Waals surface area contributed by atoms with Gasteiger partial charge in [-0.05, 0) is 52.6 Å². The Kier molecular flexibility index (Phi) is 4.76. The van der Waals surface area contributed by atoms with Gasteiger partial charge in [0.15, 0.2) is 5.82 Å². The van der Waals surface area contributed by atoms with Gasteiger partial charge in [-0.3, -0.25) is 4.57 Å². The van der Waals surface area contributed by atoms with E-state index < -0.39 is 0 Å². The summed E-state index contributed by atoms with van der Waals surface area (Å²) in [5.74, 6) is 1.59. The minimum atomic E-state index is -0.105. The second kappa shape index (κ2) is 8.67. The van der Waals surface area contributed by atoms with Gasteiger partial charge in [0.05, 0.1) is 16.6 Å². The normalized spacial score (nSPS) is 13.7. The average molecular weight is 578 g/mol. The van der Waals surface area contributed by atoms with Gasteiger partial charge in [0.25, 0.3) is 0 Å². The molecule has 10 rings (SSSR count). The number of para-hydroxylation sites is 3. The summed E-state index contributed by atoms with van der Waals surface area (Å²) in [4.78, 5) is 10.7. The lowest BCUT2D eigenvalue weighted by atomic mass is 9.82. The minimum Gasteiger partial charge on any atom is -0.456 e. The fraction of sp³-hybridized carbons (Fsp3) is 0.0732. The van der Waals surface area contributed by atoms with Crippen LogP contribution in [0.1, 0.15) is 25.0 Å². The van der Waals surface area contributed by atoms with Crippen molar-refractivity contribution >= 4 is 54.6 Å². The third-order valence-corrected chi connectivity index (χ3v) is 9.81. The molecule has 0 fully saturated rings. The van der Waals surface area contributed by atoms with E-state index in [0.29, 0.717) is 0 Å². The largest absolute Gasteiger partial charge is 0.456 e. The van der Waals surface area contributed by atoms with Gasteiger partial charge in [-0.25, -0.2) is 9.97 Å². The average Bonchev–Trinajstić information content (AvgIpc) is 3.68. The number of aromatic nitrogens is 3. The molecule has 3 heterocycles. The Morgan fingerprint density at radius 3 is 2.16 bits per heavy atom. The van der Waals surface area contributed by atoms with Gasteiger partial charge in [0, 0.05) is 44.0 Å². The predicted molar refractivity (Wildman–Crippen MR) is 184 cm³/mol. The van der Waals surface area contributed by atoms with E-state index in [1.807, 2.05) is 12.1 Å².